The highest BCUT2D eigenvalue weighted by molar-refractivity contribution is 5.95. The number of aliphatic hydroxyl groups excluding tert-OH is 1. The van der Waals surface area contributed by atoms with E-state index in [-0.39, 0.29) is 56.5 Å². The number of nitrogens with zero attached hydrogens (tertiary/aromatic N) is 4. The minimum Gasteiger partial charge on any atom is -0.511 e. The second-order valence-corrected chi connectivity index (χ2v) is 15.5. The Bertz CT molecular complexity index is 1300. The largest absolute Gasteiger partial charge is 0.511 e. The van der Waals surface area contributed by atoms with Crippen LogP contribution in [0.5, 0.6) is 0 Å². The zero-order chi connectivity index (χ0) is 27.5. The third kappa shape index (κ3) is 2.97. The average molecular weight is 517 g/mol. The van der Waals surface area contributed by atoms with Crippen molar-refractivity contribution in [2.24, 2.45) is 44.8 Å². The Morgan fingerprint density at radius 2 is 1.76 bits per heavy atom. The molecule has 0 saturated heterocycles. The molecule has 5 aliphatic rings. The number of hydrogen-bond acceptors (Lipinski definition) is 5. The van der Waals surface area contributed by atoms with Crippen LogP contribution in [-0.2, 0) is 10.3 Å². The number of nitriles is 1. The van der Waals surface area contributed by atoms with Crippen LogP contribution < -0.4 is 0 Å². The minimum absolute atomic E-state index is 0.0649. The fourth-order valence-corrected chi connectivity index (χ4v) is 10.7. The molecule has 6 heteroatoms. The predicted molar refractivity (Wildman–Crippen MR) is 146 cm³/mol. The van der Waals surface area contributed by atoms with E-state index < -0.39 is 5.41 Å². The van der Waals surface area contributed by atoms with E-state index in [9.17, 15) is 15.2 Å². The van der Waals surface area contributed by atoms with E-state index >= 15 is 0 Å². The van der Waals surface area contributed by atoms with Gasteiger partial charge in [-0.05, 0) is 90.9 Å². The van der Waals surface area contributed by atoms with Crippen molar-refractivity contribution in [2.45, 2.75) is 105 Å². The molecule has 1 N–H and O–H groups in total. The molecule has 0 aromatic carbocycles. The lowest BCUT2D eigenvalue weighted by Gasteiger charge is -2.69. The van der Waals surface area contributed by atoms with Gasteiger partial charge < -0.3 is 5.11 Å². The lowest BCUT2D eigenvalue weighted by Crippen LogP contribution is -2.66. The number of aromatic nitrogens is 3. The first-order valence-electron chi connectivity index (χ1n) is 14.6. The number of fused-ring (bicyclic) bond motifs is 7. The summed E-state index contributed by atoms with van der Waals surface area (Å²) in [5.74, 6) is 0.845. The van der Waals surface area contributed by atoms with Gasteiger partial charge in [0.05, 0.1) is 23.4 Å². The molecule has 0 bridgehead atoms. The molecular weight excluding hydrogens is 472 g/mol. The van der Waals surface area contributed by atoms with E-state index in [1.165, 1.54) is 5.57 Å². The standard InChI is InChI=1S/C32H44N4O2/c1-27(2)10-12-32(36-15-14-34-35-36)13-11-31(7)25(21(32)18-27)22(37)16-24-29(5)17-20(19-33)26(38)28(3,4)23(29)8-9-30(24,31)6/h14-16,21,23,25,38H,8-13,17-18H2,1-7H3/t21-,23-,25-,29-,30+,31+,32-/m0/s1. The third-order valence-corrected chi connectivity index (χ3v) is 13.0. The van der Waals surface area contributed by atoms with Crippen molar-refractivity contribution in [1.29, 1.82) is 5.26 Å². The second-order valence-electron chi connectivity index (χ2n) is 15.5. The molecule has 0 unspecified atom stereocenters. The monoisotopic (exact) mass is 516 g/mol. The summed E-state index contributed by atoms with van der Waals surface area (Å²) in [6.07, 6.45) is 13.5. The molecule has 0 radical (unpaired) electrons. The summed E-state index contributed by atoms with van der Waals surface area (Å²) in [5, 5.41) is 29.8. The van der Waals surface area contributed by atoms with Crippen molar-refractivity contribution in [3.63, 3.8) is 0 Å². The Morgan fingerprint density at radius 1 is 1.05 bits per heavy atom. The zero-order valence-corrected chi connectivity index (χ0v) is 24.3. The van der Waals surface area contributed by atoms with Crippen molar-refractivity contribution in [3.05, 3.63) is 35.4 Å². The summed E-state index contributed by atoms with van der Waals surface area (Å²) in [4.78, 5) is 14.6. The summed E-state index contributed by atoms with van der Waals surface area (Å²) in [6.45, 7) is 16.0. The van der Waals surface area contributed by atoms with Crippen molar-refractivity contribution in [3.8, 4) is 6.07 Å². The number of aliphatic hydroxyl groups is 1. The van der Waals surface area contributed by atoms with Crippen LogP contribution in [0.1, 0.15) is 99.8 Å². The van der Waals surface area contributed by atoms with Crippen LogP contribution in [0.3, 0.4) is 0 Å². The van der Waals surface area contributed by atoms with E-state index in [0.29, 0.717) is 12.0 Å². The van der Waals surface area contributed by atoms with Crippen molar-refractivity contribution < 1.29 is 9.90 Å². The van der Waals surface area contributed by atoms with Gasteiger partial charge in [0.15, 0.2) is 5.78 Å². The molecule has 1 aromatic heterocycles. The maximum Gasteiger partial charge on any atom is 0.159 e. The molecule has 38 heavy (non-hydrogen) atoms. The van der Waals surface area contributed by atoms with Crippen LogP contribution >= 0.6 is 0 Å². The topological polar surface area (TPSA) is 91.8 Å². The Hall–Kier alpha value is -2.42. The second kappa shape index (κ2) is 7.61. The van der Waals surface area contributed by atoms with Crippen LogP contribution in [0.2, 0.25) is 0 Å². The van der Waals surface area contributed by atoms with Gasteiger partial charge in [-0.25, -0.2) is 4.68 Å². The van der Waals surface area contributed by atoms with Gasteiger partial charge in [0.2, 0.25) is 0 Å². The molecule has 1 heterocycles. The van der Waals surface area contributed by atoms with Crippen molar-refractivity contribution in [1.82, 2.24) is 15.0 Å². The van der Waals surface area contributed by atoms with Crippen LogP contribution in [-0.4, -0.2) is 25.9 Å². The summed E-state index contributed by atoms with van der Waals surface area (Å²) in [5.41, 5.74) is 0.597. The molecule has 6 rings (SSSR count). The van der Waals surface area contributed by atoms with Gasteiger partial charge in [-0.2, -0.15) is 5.26 Å². The Kier molecular flexibility index (Phi) is 5.17. The Labute approximate surface area is 227 Å². The number of carbonyl (C=O) groups excluding carboxylic acids is 1. The highest BCUT2D eigenvalue weighted by atomic mass is 16.3. The van der Waals surface area contributed by atoms with Gasteiger partial charge in [-0.1, -0.05) is 59.3 Å². The van der Waals surface area contributed by atoms with Crippen LogP contribution in [0, 0.1) is 56.2 Å². The summed E-state index contributed by atoms with van der Waals surface area (Å²) >= 11 is 0. The molecule has 6 nitrogen and oxygen atoms in total. The third-order valence-electron chi connectivity index (χ3n) is 13.0. The molecule has 7 atom stereocenters. The molecule has 5 aliphatic carbocycles. The molecule has 204 valence electrons. The fourth-order valence-electron chi connectivity index (χ4n) is 10.7. The van der Waals surface area contributed by atoms with Gasteiger partial charge in [-0.15, -0.1) is 5.10 Å². The van der Waals surface area contributed by atoms with Gasteiger partial charge in [0.25, 0.3) is 0 Å². The highest BCUT2D eigenvalue weighted by Crippen LogP contribution is 2.74. The summed E-state index contributed by atoms with van der Waals surface area (Å²) < 4.78 is 2.11. The summed E-state index contributed by atoms with van der Waals surface area (Å²) in [6, 6.07) is 2.32. The normalized spacial score (nSPS) is 45.2. The summed E-state index contributed by atoms with van der Waals surface area (Å²) in [7, 11) is 0. The number of rotatable bonds is 1. The smallest absolute Gasteiger partial charge is 0.159 e. The van der Waals surface area contributed by atoms with Gasteiger partial charge in [0, 0.05) is 17.5 Å². The maximum absolute atomic E-state index is 14.6. The van der Waals surface area contributed by atoms with Crippen molar-refractivity contribution >= 4 is 5.78 Å². The van der Waals surface area contributed by atoms with Crippen LogP contribution in [0.25, 0.3) is 0 Å². The van der Waals surface area contributed by atoms with Crippen molar-refractivity contribution in [2.75, 3.05) is 0 Å². The van der Waals surface area contributed by atoms with Crippen LogP contribution in [0.4, 0.5) is 0 Å². The number of carbonyl (C=O) groups is 1. The molecule has 0 spiro atoms. The first-order chi connectivity index (χ1) is 17.7. The zero-order valence-electron chi connectivity index (χ0n) is 24.3. The lowest BCUT2D eigenvalue weighted by molar-refractivity contribution is -0.170. The van der Waals surface area contributed by atoms with E-state index in [1.807, 2.05) is 12.3 Å². The Balaban J connectivity index is 1.52. The first-order valence-corrected chi connectivity index (χ1v) is 14.6. The molecular formula is C32H44N4O2. The SMILES string of the molecule is CC1(C)CC[C@]2(n3ccnn3)CC[C@]3(C)[C@H](C(=O)C=C4[C@@]5(C)CC(C#N)=C(O)C(C)(C)[C@@H]5CC[C@]43C)[C@@H]2C1. The molecule has 0 aliphatic heterocycles. The Morgan fingerprint density at radius 3 is 2.42 bits per heavy atom. The first kappa shape index (κ1) is 25.8. The number of allylic oxidation sites excluding steroid dienone is 4. The average Bonchev–Trinajstić information content (AvgIpc) is 3.38. The van der Waals surface area contributed by atoms with Crippen LogP contribution in [0.15, 0.2) is 35.4 Å². The molecule has 3 saturated carbocycles. The van der Waals surface area contributed by atoms with E-state index in [4.69, 9.17) is 0 Å². The fraction of sp³-hybridized carbons (Fsp3) is 0.750. The number of hydrogen-bond donors (Lipinski definition) is 1. The van der Waals surface area contributed by atoms with E-state index in [1.54, 1.807) is 6.20 Å². The quantitative estimate of drug-likeness (QED) is 0.438. The lowest BCUT2D eigenvalue weighted by atomic mass is 9.35. The molecule has 3 fully saturated rings. The van der Waals surface area contributed by atoms with Gasteiger partial charge in [-0.3, -0.25) is 4.79 Å². The predicted octanol–water partition coefficient (Wildman–Crippen LogP) is 6.91. The van der Waals surface area contributed by atoms with E-state index in [0.717, 1.165) is 44.9 Å². The maximum atomic E-state index is 14.6. The molecule has 0 amide bonds. The van der Waals surface area contributed by atoms with Gasteiger partial charge >= 0.3 is 0 Å². The minimum atomic E-state index is -0.497. The van der Waals surface area contributed by atoms with E-state index in [2.05, 4.69) is 69.5 Å². The van der Waals surface area contributed by atoms with Gasteiger partial charge in [0.1, 0.15) is 5.76 Å². The highest BCUT2D eigenvalue weighted by Gasteiger charge is 2.70. The molecule has 1 aromatic rings. The number of ketones is 1.